The highest BCUT2D eigenvalue weighted by atomic mass is 16.5. The van der Waals surface area contributed by atoms with Gasteiger partial charge in [-0.15, -0.1) is 0 Å². The van der Waals surface area contributed by atoms with Crippen LogP contribution in [0.5, 0.6) is 0 Å². The van der Waals surface area contributed by atoms with Crippen LogP contribution in [-0.4, -0.2) is 83.5 Å². The lowest BCUT2D eigenvalue weighted by Gasteiger charge is -2.41. The van der Waals surface area contributed by atoms with Crippen molar-refractivity contribution in [3.05, 3.63) is 53.9 Å². The maximum Gasteiger partial charge on any atom is 0.225 e. The molecular weight excluding hydrogens is 378 g/mol. The van der Waals surface area contributed by atoms with Crippen molar-refractivity contribution in [2.24, 2.45) is 0 Å². The second kappa shape index (κ2) is 9.83. The van der Waals surface area contributed by atoms with Gasteiger partial charge in [-0.3, -0.25) is 9.80 Å². The van der Waals surface area contributed by atoms with E-state index in [9.17, 15) is 5.11 Å². The summed E-state index contributed by atoms with van der Waals surface area (Å²) in [4.78, 5) is 15.5. The molecule has 0 saturated carbocycles. The van der Waals surface area contributed by atoms with E-state index in [0.717, 1.165) is 58.8 Å². The van der Waals surface area contributed by atoms with Crippen LogP contribution in [0.4, 0.5) is 5.95 Å². The second-order valence-corrected chi connectivity index (χ2v) is 8.68. The summed E-state index contributed by atoms with van der Waals surface area (Å²) >= 11 is 0. The summed E-state index contributed by atoms with van der Waals surface area (Å²) in [5, 5.41) is 11.3. The van der Waals surface area contributed by atoms with Crippen molar-refractivity contribution in [3.8, 4) is 0 Å². The molecule has 2 aliphatic heterocycles. The Balaban J connectivity index is 1.33. The van der Waals surface area contributed by atoms with Crippen LogP contribution in [-0.2, 0) is 17.8 Å². The van der Waals surface area contributed by atoms with Gasteiger partial charge in [0.25, 0.3) is 0 Å². The number of ether oxygens (including phenoxy) is 1. The Labute approximate surface area is 179 Å². The summed E-state index contributed by atoms with van der Waals surface area (Å²) in [6, 6.07) is 10.6. The van der Waals surface area contributed by atoms with Gasteiger partial charge in [-0.1, -0.05) is 24.3 Å². The molecular formula is C23H33N5O2. The normalized spacial score (nSPS) is 23.1. The monoisotopic (exact) mass is 411 g/mol. The number of piperidine rings is 1. The van der Waals surface area contributed by atoms with Gasteiger partial charge in [0.2, 0.25) is 5.95 Å². The van der Waals surface area contributed by atoms with Gasteiger partial charge in [0, 0.05) is 51.7 Å². The molecule has 162 valence electrons. The average molecular weight is 412 g/mol. The zero-order valence-electron chi connectivity index (χ0n) is 17.9. The first-order chi connectivity index (χ1) is 14.6. The smallest absolute Gasteiger partial charge is 0.225 e. The van der Waals surface area contributed by atoms with Crippen LogP contribution in [0.1, 0.15) is 24.0 Å². The Hall–Kier alpha value is -2.06. The quantitative estimate of drug-likeness (QED) is 0.745. The molecule has 2 aromatic rings. The van der Waals surface area contributed by atoms with Gasteiger partial charge in [-0.2, -0.15) is 0 Å². The van der Waals surface area contributed by atoms with Crippen LogP contribution in [0.2, 0.25) is 0 Å². The van der Waals surface area contributed by atoms with Crippen LogP contribution in [0.15, 0.2) is 42.7 Å². The predicted molar refractivity (Wildman–Crippen MR) is 117 cm³/mol. The number of aromatic nitrogens is 2. The number of β-amino-alcohol motifs (C(OH)–C–C–N with tert-alkyl or cyclic N) is 1. The van der Waals surface area contributed by atoms with E-state index in [2.05, 4.69) is 56.0 Å². The highest BCUT2D eigenvalue weighted by molar-refractivity contribution is 5.30. The summed E-state index contributed by atoms with van der Waals surface area (Å²) in [5.74, 6) is 0.703. The lowest BCUT2D eigenvalue weighted by atomic mass is 9.92. The molecule has 2 fully saturated rings. The first-order valence-corrected chi connectivity index (χ1v) is 10.9. The van der Waals surface area contributed by atoms with Crippen molar-refractivity contribution >= 4 is 5.95 Å². The third-order valence-corrected chi connectivity index (χ3v) is 5.91. The number of nitrogens with zero attached hydrogens (tertiary/aromatic N) is 5. The molecule has 4 rings (SSSR count). The maximum atomic E-state index is 11.3. The molecule has 1 aromatic carbocycles. The topological polar surface area (TPSA) is 65.0 Å². The number of anilines is 1. The Bertz CT molecular complexity index is 799. The van der Waals surface area contributed by atoms with Gasteiger partial charge in [0.15, 0.2) is 0 Å². The minimum atomic E-state index is -0.752. The van der Waals surface area contributed by atoms with Crippen molar-refractivity contribution in [1.29, 1.82) is 0 Å². The molecule has 30 heavy (non-hydrogen) atoms. The fourth-order valence-electron chi connectivity index (χ4n) is 4.58. The van der Waals surface area contributed by atoms with Crippen LogP contribution < -0.4 is 4.90 Å². The predicted octanol–water partition coefficient (Wildman–Crippen LogP) is 1.77. The van der Waals surface area contributed by atoms with E-state index in [1.54, 1.807) is 12.4 Å². The van der Waals surface area contributed by atoms with Gasteiger partial charge in [-0.05, 0) is 37.1 Å². The fraction of sp³-hybridized carbons (Fsp3) is 0.565. The molecule has 2 aliphatic rings. The van der Waals surface area contributed by atoms with Crippen molar-refractivity contribution < 1.29 is 9.84 Å². The van der Waals surface area contributed by atoms with E-state index >= 15 is 0 Å². The molecule has 0 amide bonds. The van der Waals surface area contributed by atoms with Crippen LogP contribution in [0.3, 0.4) is 0 Å². The van der Waals surface area contributed by atoms with Crippen molar-refractivity contribution in [1.82, 2.24) is 19.8 Å². The molecule has 0 radical (unpaired) electrons. The summed E-state index contributed by atoms with van der Waals surface area (Å²) < 4.78 is 5.45. The molecule has 7 nitrogen and oxygen atoms in total. The number of rotatable bonds is 7. The molecule has 1 atom stereocenters. The minimum absolute atomic E-state index is 0.568. The number of hydrogen-bond acceptors (Lipinski definition) is 7. The third kappa shape index (κ3) is 5.76. The van der Waals surface area contributed by atoms with E-state index in [4.69, 9.17) is 4.74 Å². The summed E-state index contributed by atoms with van der Waals surface area (Å²) in [7, 11) is 2.09. The molecule has 1 unspecified atom stereocenters. The largest absolute Gasteiger partial charge is 0.387 e. The van der Waals surface area contributed by atoms with E-state index < -0.39 is 5.60 Å². The number of aliphatic hydroxyl groups is 1. The van der Waals surface area contributed by atoms with Gasteiger partial charge in [0.05, 0.1) is 25.4 Å². The molecule has 2 saturated heterocycles. The van der Waals surface area contributed by atoms with E-state index in [0.29, 0.717) is 19.0 Å². The van der Waals surface area contributed by atoms with E-state index in [1.807, 2.05) is 6.07 Å². The summed E-state index contributed by atoms with van der Waals surface area (Å²) in [5.41, 5.74) is 1.87. The van der Waals surface area contributed by atoms with Gasteiger partial charge < -0.3 is 14.7 Å². The summed E-state index contributed by atoms with van der Waals surface area (Å²) in [6.45, 7) is 7.52. The highest BCUT2D eigenvalue weighted by Crippen LogP contribution is 2.25. The van der Waals surface area contributed by atoms with Crippen LogP contribution in [0, 0.1) is 0 Å². The lowest BCUT2D eigenvalue weighted by Crippen LogP contribution is -2.54. The Morgan fingerprint density at radius 2 is 1.87 bits per heavy atom. The molecule has 7 heteroatoms. The van der Waals surface area contributed by atoms with Gasteiger partial charge in [-0.25, -0.2) is 9.97 Å². The molecule has 3 heterocycles. The van der Waals surface area contributed by atoms with Crippen molar-refractivity contribution in [2.45, 2.75) is 31.5 Å². The number of benzene rings is 1. The zero-order chi connectivity index (χ0) is 20.8. The maximum absolute atomic E-state index is 11.3. The van der Waals surface area contributed by atoms with E-state index in [1.165, 1.54) is 11.1 Å². The summed E-state index contributed by atoms with van der Waals surface area (Å²) in [6.07, 6.45) is 5.26. The van der Waals surface area contributed by atoms with Gasteiger partial charge >= 0.3 is 0 Å². The molecule has 1 N–H and O–H groups in total. The first-order valence-electron chi connectivity index (χ1n) is 10.9. The third-order valence-electron chi connectivity index (χ3n) is 5.91. The standard InChI is InChI=1S/C23H33N5O2/c1-26(16-20-5-2-6-21(15-20)17-27-11-13-30-14-12-27)18-23(29)7-3-10-28(19-23)22-24-8-4-9-25-22/h2,4-6,8-9,15,29H,3,7,10-14,16-19H2,1H3. The van der Waals surface area contributed by atoms with Gasteiger partial charge in [0.1, 0.15) is 0 Å². The molecule has 0 aliphatic carbocycles. The Kier molecular flexibility index (Phi) is 6.94. The second-order valence-electron chi connectivity index (χ2n) is 8.68. The van der Waals surface area contributed by atoms with Crippen molar-refractivity contribution in [2.75, 3.05) is 57.9 Å². The average Bonchev–Trinajstić information content (AvgIpc) is 2.75. The molecule has 0 spiro atoms. The van der Waals surface area contributed by atoms with Crippen LogP contribution >= 0.6 is 0 Å². The number of hydrogen-bond donors (Lipinski definition) is 1. The highest BCUT2D eigenvalue weighted by Gasteiger charge is 2.35. The molecule has 0 bridgehead atoms. The first kappa shape index (κ1) is 21.2. The van der Waals surface area contributed by atoms with E-state index in [-0.39, 0.29) is 0 Å². The lowest BCUT2D eigenvalue weighted by molar-refractivity contribution is -0.00366. The number of likely N-dealkylation sites (N-methyl/N-ethyl adjacent to an activating group) is 1. The Morgan fingerprint density at radius 3 is 2.67 bits per heavy atom. The number of morpholine rings is 1. The van der Waals surface area contributed by atoms with Crippen molar-refractivity contribution in [3.63, 3.8) is 0 Å². The minimum Gasteiger partial charge on any atom is -0.387 e. The Morgan fingerprint density at radius 1 is 1.10 bits per heavy atom. The molecule has 1 aromatic heterocycles. The fourth-order valence-corrected chi connectivity index (χ4v) is 4.58. The SMILES string of the molecule is CN(Cc1cccc(CN2CCOCC2)c1)CC1(O)CCCN(c2ncccn2)C1. The van der Waals surface area contributed by atoms with Crippen LogP contribution in [0.25, 0.3) is 0 Å². The zero-order valence-corrected chi connectivity index (χ0v) is 17.9.